The van der Waals surface area contributed by atoms with Crippen LogP contribution in [0.4, 0.5) is 5.82 Å². The maximum Gasteiger partial charge on any atom is 0.251 e. The Kier molecular flexibility index (Phi) is 5.59. The molecule has 0 radical (unpaired) electrons. The lowest BCUT2D eigenvalue weighted by molar-refractivity contribution is 0.0899. The number of carbonyl (C=O) groups is 1. The molecule has 1 fully saturated rings. The number of aromatic nitrogens is 1. The van der Waals surface area contributed by atoms with Gasteiger partial charge in [0.05, 0.1) is 0 Å². The molecule has 2 N–H and O–H groups in total. The normalized spacial score (nSPS) is 25.4. The molecule has 0 aromatic carbocycles. The maximum atomic E-state index is 12.4. The smallest absolute Gasteiger partial charge is 0.251 e. The van der Waals surface area contributed by atoms with Crippen molar-refractivity contribution in [2.45, 2.75) is 52.5 Å². The van der Waals surface area contributed by atoms with Crippen molar-refractivity contribution in [1.82, 2.24) is 10.3 Å². The number of rotatable bonds is 5. The topological polar surface area (TPSA) is 54.0 Å². The molecule has 1 heterocycles. The molecule has 3 atom stereocenters. The van der Waals surface area contributed by atoms with E-state index in [9.17, 15) is 4.79 Å². The number of nitrogens with zero attached hydrogens (tertiary/aromatic N) is 1. The van der Waals surface area contributed by atoms with Gasteiger partial charge < -0.3 is 10.6 Å². The van der Waals surface area contributed by atoms with E-state index in [0.29, 0.717) is 17.5 Å². The summed E-state index contributed by atoms with van der Waals surface area (Å²) in [5.74, 6) is 2.12. The van der Waals surface area contributed by atoms with Gasteiger partial charge in [0, 0.05) is 24.3 Å². The Labute approximate surface area is 127 Å². The first-order valence-corrected chi connectivity index (χ1v) is 8.11. The maximum absolute atomic E-state index is 12.4. The van der Waals surface area contributed by atoms with Crippen molar-refractivity contribution in [3.63, 3.8) is 0 Å². The molecule has 0 saturated heterocycles. The van der Waals surface area contributed by atoms with Crippen molar-refractivity contribution in [3.05, 3.63) is 23.9 Å². The van der Waals surface area contributed by atoms with Gasteiger partial charge in [-0.2, -0.15) is 0 Å². The fourth-order valence-electron chi connectivity index (χ4n) is 3.05. The van der Waals surface area contributed by atoms with Crippen molar-refractivity contribution in [2.24, 2.45) is 11.8 Å². The highest BCUT2D eigenvalue weighted by atomic mass is 16.1. The molecule has 0 bridgehead atoms. The molecule has 1 amide bonds. The highest BCUT2D eigenvalue weighted by Crippen LogP contribution is 2.28. The Bertz CT molecular complexity index is 475. The number of nitrogens with one attached hydrogen (secondary N) is 2. The van der Waals surface area contributed by atoms with Crippen molar-refractivity contribution >= 4 is 11.7 Å². The SMILES string of the molecule is CCCNc1cc(C(=O)NC2CCC(C)CC2C)ccn1. The third-order valence-corrected chi connectivity index (χ3v) is 4.33. The van der Waals surface area contributed by atoms with E-state index in [2.05, 4.69) is 36.4 Å². The molecular weight excluding hydrogens is 262 g/mol. The van der Waals surface area contributed by atoms with Gasteiger partial charge in [0.25, 0.3) is 5.91 Å². The molecule has 4 nitrogen and oxygen atoms in total. The van der Waals surface area contributed by atoms with Crippen molar-refractivity contribution in [2.75, 3.05) is 11.9 Å². The predicted molar refractivity (Wildman–Crippen MR) is 86.5 cm³/mol. The average Bonchev–Trinajstić information content (AvgIpc) is 2.48. The van der Waals surface area contributed by atoms with Gasteiger partial charge in [0.15, 0.2) is 0 Å². The minimum absolute atomic E-state index is 0.0170. The fraction of sp³-hybridized carbons (Fsp3) is 0.647. The van der Waals surface area contributed by atoms with Crippen LogP contribution < -0.4 is 10.6 Å². The zero-order valence-electron chi connectivity index (χ0n) is 13.4. The number of pyridine rings is 1. The average molecular weight is 289 g/mol. The molecule has 2 rings (SSSR count). The van der Waals surface area contributed by atoms with Gasteiger partial charge in [-0.15, -0.1) is 0 Å². The third-order valence-electron chi connectivity index (χ3n) is 4.33. The molecule has 21 heavy (non-hydrogen) atoms. The number of amides is 1. The molecule has 0 spiro atoms. The van der Waals surface area contributed by atoms with E-state index in [1.54, 1.807) is 12.3 Å². The minimum Gasteiger partial charge on any atom is -0.370 e. The van der Waals surface area contributed by atoms with Crippen LogP contribution in [0.3, 0.4) is 0 Å². The first-order valence-electron chi connectivity index (χ1n) is 8.11. The Morgan fingerprint density at radius 1 is 1.38 bits per heavy atom. The second-order valence-corrected chi connectivity index (χ2v) is 6.33. The zero-order valence-corrected chi connectivity index (χ0v) is 13.4. The summed E-state index contributed by atoms with van der Waals surface area (Å²) in [5.41, 5.74) is 0.689. The summed E-state index contributed by atoms with van der Waals surface area (Å²) < 4.78 is 0. The highest BCUT2D eigenvalue weighted by molar-refractivity contribution is 5.95. The lowest BCUT2D eigenvalue weighted by atomic mass is 9.80. The monoisotopic (exact) mass is 289 g/mol. The third kappa shape index (κ3) is 4.45. The molecule has 0 aliphatic heterocycles. The lowest BCUT2D eigenvalue weighted by Crippen LogP contribution is -2.42. The van der Waals surface area contributed by atoms with Gasteiger partial charge in [-0.05, 0) is 49.7 Å². The molecular formula is C17H27N3O. The van der Waals surface area contributed by atoms with Gasteiger partial charge in [-0.25, -0.2) is 4.98 Å². The molecule has 3 unspecified atom stereocenters. The molecule has 1 saturated carbocycles. The van der Waals surface area contributed by atoms with Gasteiger partial charge in [0.1, 0.15) is 5.82 Å². The van der Waals surface area contributed by atoms with Gasteiger partial charge in [-0.1, -0.05) is 20.8 Å². The van der Waals surface area contributed by atoms with Crippen LogP contribution in [-0.2, 0) is 0 Å². The van der Waals surface area contributed by atoms with Gasteiger partial charge in [-0.3, -0.25) is 4.79 Å². The number of anilines is 1. The second kappa shape index (κ2) is 7.43. The minimum atomic E-state index is 0.0170. The summed E-state index contributed by atoms with van der Waals surface area (Å²) in [6.07, 6.45) is 6.22. The van der Waals surface area contributed by atoms with Crippen molar-refractivity contribution in [3.8, 4) is 0 Å². The van der Waals surface area contributed by atoms with Crippen LogP contribution in [0.25, 0.3) is 0 Å². The molecule has 1 aromatic rings. The van der Waals surface area contributed by atoms with Crippen molar-refractivity contribution < 1.29 is 4.79 Å². The predicted octanol–water partition coefficient (Wildman–Crippen LogP) is 3.46. The first kappa shape index (κ1) is 15.8. The van der Waals surface area contributed by atoms with Crippen LogP contribution >= 0.6 is 0 Å². The van der Waals surface area contributed by atoms with Crippen molar-refractivity contribution in [1.29, 1.82) is 0 Å². The lowest BCUT2D eigenvalue weighted by Gasteiger charge is -2.33. The second-order valence-electron chi connectivity index (χ2n) is 6.33. The van der Waals surface area contributed by atoms with Gasteiger partial charge >= 0.3 is 0 Å². The Morgan fingerprint density at radius 3 is 2.90 bits per heavy atom. The first-order chi connectivity index (χ1) is 10.1. The van der Waals surface area contributed by atoms with Crippen LogP contribution in [0.5, 0.6) is 0 Å². The van der Waals surface area contributed by atoms with E-state index < -0.39 is 0 Å². The van der Waals surface area contributed by atoms with E-state index in [0.717, 1.165) is 31.1 Å². The standard InChI is InChI=1S/C17H27N3O/c1-4-8-18-16-11-14(7-9-19-16)17(21)20-15-6-5-12(2)10-13(15)3/h7,9,11-13,15H,4-6,8,10H2,1-3H3,(H,18,19)(H,20,21). The fourth-order valence-corrected chi connectivity index (χ4v) is 3.05. The molecule has 116 valence electrons. The quantitative estimate of drug-likeness (QED) is 0.873. The summed E-state index contributed by atoms with van der Waals surface area (Å²) in [7, 11) is 0. The summed E-state index contributed by atoms with van der Waals surface area (Å²) in [4.78, 5) is 16.6. The van der Waals surface area contributed by atoms with Gasteiger partial charge in [0.2, 0.25) is 0 Å². The summed E-state index contributed by atoms with van der Waals surface area (Å²) in [6, 6.07) is 3.91. The van der Waals surface area contributed by atoms with Crippen LogP contribution in [0.2, 0.25) is 0 Å². The highest BCUT2D eigenvalue weighted by Gasteiger charge is 2.26. The number of hydrogen-bond donors (Lipinski definition) is 2. The van der Waals surface area contributed by atoms with E-state index in [-0.39, 0.29) is 5.91 Å². The molecule has 1 aliphatic rings. The molecule has 1 aliphatic carbocycles. The molecule has 1 aromatic heterocycles. The van der Waals surface area contributed by atoms with E-state index in [1.165, 1.54) is 12.8 Å². The Morgan fingerprint density at radius 2 is 2.19 bits per heavy atom. The van der Waals surface area contributed by atoms with Crippen LogP contribution in [-0.4, -0.2) is 23.5 Å². The summed E-state index contributed by atoms with van der Waals surface area (Å²) in [5, 5.41) is 6.41. The van der Waals surface area contributed by atoms with Crippen LogP contribution in [0, 0.1) is 11.8 Å². The van der Waals surface area contributed by atoms with Crippen LogP contribution in [0.1, 0.15) is 56.8 Å². The Balaban J connectivity index is 1.96. The molecule has 4 heteroatoms. The summed E-state index contributed by atoms with van der Waals surface area (Å²) >= 11 is 0. The largest absolute Gasteiger partial charge is 0.370 e. The number of carbonyl (C=O) groups excluding carboxylic acids is 1. The summed E-state index contributed by atoms with van der Waals surface area (Å²) in [6.45, 7) is 7.51. The van der Waals surface area contributed by atoms with E-state index in [1.807, 2.05) is 6.07 Å². The van der Waals surface area contributed by atoms with Crippen LogP contribution in [0.15, 0.2) is 18.3 Å². The number of hydrogen-bond acceptors (Lipinski definition) is 3. The van der Waals surface area contributed by atoms with E-state index >= 15 is 0 Å². The van der Waals surface area contributed by atoms with E-state index in [4.69, 9.17) is 0 Å². The zero-order chi connectivity index (χ0) is 15.2. The Hall–Kier alpha value is -1.58.